The largest absolute Gasteiger partial charge is 0.465 e. The Morgan fingerprint density at radius 2 is 2.47 bits per heavy atom. The lowest BCUT2D eigenvalue weighted by molar-refractivity contribution is -0.165. The minimum atomic E-state index is -1.08. The predicted molar refractivity (Wildman–Crippen MR) is 51.9 cm³/mol. The maximum atomic E-state index is 11.8. The van der Waals surface area contributed by atoms with Crippen molar-refractivity contribution in [3.8, 4) is 0 Å². The van der Waals surface area contributed by atoms with Crippen LogP contribution in [0, 0.1) is 11.3 Å². The third-order valence-electron chi connectivity index (χ3n) is 3.18. The predicted octanol–water partition coefficient (Wildman–Crippen LogP) is 1.06. The second-order valence-electron chi connectivity index (χ2n) is 4.12. The Morgan fingerprint density at radius 1 is 1.73 bits per heavy atom. The minimum absolute atomic E-state index is 0.0726. The molecule has 1 saturated carbocycles. The highest BCUT2D eigenvalue weighted by atomic mass is 16.6. The summed E-state index contributed by atoms with van der Waals surface area (Å²) in [6.07, 6.45) is 1.07. The number of allylic oxidation sites excluding steroid dienone is 1. The van der Waals surface area contributed by atoms with Gasteiger partial charge < -0.3 is 9.47 Å². The van der Waals surface area contributed by atoms with Crippen LogP contribution in [-0.2, 0) is 19.1 Å². The number of hydrogen-bond acceptors (Lipinski definition) is 4. The number of carbonyl (C=O) groups is 2. The number of ether oxygens (including phenoxy) is 2. The van der Waals surface area contributed by atoms with Crippen LogP contribution in [0.3, 0.4) is 0 Å². The maximum Gasteiger partial charge on any atom is 0.324 e. The SMILES string of the molecule is C=C1C[C@@H]2COC(=O)[C@]2(C(=O)OCC)C1. The van der Waals surface area contributed by atoms with Crippen LogP contribution in [0.2, 0.25) is 0 Å². The molecule has 0 bridgehead atoms. The van der Waals surface area contributed by atoms with E-state index in [-0.39, 0.29) is 12.5 Å². The molecule has 82 valence electrons. The smallest absolute Gasteiger partial charge is 0.324 e. The van der Waals surface area contributed by atoms with Crippen molar-refractivity contribution in [3.05, 3.63) is 12.2 Å². The first-order chi connectivity index (χ1) is 7.11. The van der Waals surface area contributed by atoms with E-state index in [0.717, 1.165) is 5.57 Å². The summed E-state index contributed by atoms with van der Waals surface area (Å²) in [7, 11) is 0. The zero-order valence-corrected chi connectivity index (χ0v) is 8.75. The second-order valence-corrected chi connectivity index (χ2v) is 4.12. The summed E-state index contributed by atoms with van der Waals surface area (Å²) in [6, 6.07) is 0. The first-order valence-corrected chi connectivity index (χ1v) is 5.12. The lowest BCUT2D eigenvalue weighted by Crippen LogP contribution is -2.39. The van der Waals surface area contributed by atoms with Crippen molar-refractivity contribution in [2.75, 3.05) is 13.2 Å². The van der Waals surface area contributed by atoms with Crippen LogP contribution in [0.15, 0.2) is 12.2 Å². The minimum Gasteiger partial charge on any atom is -0.465 e. The summed E-state index contributed by atoms with van der Waals surface area (Å²) in [4.78, 5) is 23.5. The van der Waals surface area contributed by atoms with Gasteiger partial charge in [-0.15, -0.1) is 0 Å². The fourth-order valence-corrected chi connectivity index (χ4v) is 2.46. The fraction of sp³-hybridized carbons (Fsp3) is 0.636. The van der Waals surface area contributed by atoms with E-state index in [1.165, 1.54) is 0 Å². The van der Waals surface area contributed by atoms with Crippen molar-refractivity contribution in [1.29, 1.82) is 0 Å². The van der Waals surface area contributed by atoms with Gasteiger partial charge in [0, 0.05) is 5.92 Å². The summed E-state index contributed by atoms with van der Waals surface area (Å²) in [5.74, 6) is -0.961. The fourth-order valence-electron chi connectivity index (χ4n) is 2.46. The molecule has 1 heterocycles. The summed E-state index contributed by atoms with van der Waals surface area (Å²) >= 11 is 0. The molecule has 2 atom stereocenters. The maximum absolute atomic E-state index is 11.8. The first-order valence-electron chi connectivity index (χ1n) is 5.12. The lowest BCUT2D eigenvalue weighted by Gasteiger charge is -2.20. The topological polar surface area (TPSA) is 52.6 Å². The van der Waals surface area contributed by atoms with E-state index in [2.05, 4.69) is 6.58 Å². The number of cyclic esters (lactones) is 1. The Hall–Kier alpha value is -1.32. The summed E-state index contributed by atoms with van der Waals surface area (Å²) in [5, 5.41) is 0. The molecule has 0 N–H and O–H groups in total. The highest BCUT2D eigenvalue weighted by Gasteiger charge is 2.62. The molecule has 0 aromatic heterocycles. The second kappa shape index (κ2) is 3.36. The molecule has 0 amide bonds. The third-order valence-corrected chi connectivity index (χ3v) is 3.18. The van der Waals surface area contributed by atoms with Crippen LogP contribution in [0.4, 0.5) is 0 Å². The summed E-state index contributed by atoms with van der Waals surface area (Å²) in [6.45, 7) is 6.17. The van der Waals surface area contributed by atoms with Gasteiger partial charge in [0.15, 0.2) is 5.41 Å². The van der Waals surface area contributed by atoms with Gasteiger partial charge >= 0.3 is 11.9 Å². The van der Waals surface area contributed by atoms with Gasteiger partial charge in [-0.3, -0.25) is 9.59 Å². The number of carbonyl (C=O) groups excluding carboxylic acids is 2. The molecule has 2 fully saturated rings. The number of hydrogen-bond donors (Lipinski definition) is 0. The number of rotatable bonds is 2. The van der Waals surface area contributed by atoms with Crippen molar-refractivity contribution in [1.82, 2.24) is 0 Å². The van der Waals surface area contributed by atoms with E-state index >= 15 is 0 Å². The van der Waals surface area contributed by atoms with E-state index in [1.807, 2.05) is 0 Å². The van der Waals surface area contributed by atoms with Crippen molar-refractivity contribution >= 4 is 11.9 Å². The molecule has 0 aromatic carbocycles. The van der Waals surface area contributed by atoms with Gasteiger partial charge in [-0.2, -0.15) is 0 Å². The van der Waals surface area contributed by atoms with Crippen molar-refractivity contribution in [3.63, 3.8) is 0 Å². The van der Waals surface area contributed by atoms with Gasteiger partial charge in [0.05, 0.1) is 13.2 Å². The van der Waals surface area contributed by atoms with E-state index in [9.17, 15) is 9.59 Å². The van der Waals surface area contributed by atoms with Gasteiger partial charge in [-0.05, 0) is 19.8 Å². The van der Waals surface area contributed by atoms with Crippen LogP contribution in [-0.4, -0.2) is 25.2 Å². The molecule has 15 heavy (non-hydrogen) atoms. The lowest BCUT2D eigenvalue weighted by atomic mass is 9.80. The van der Waals surface area contributed by atoms with Gasteiger partial charge in [0.2, 0.25) is 0 Å². The summed E-state index contributed by atoms with van der Waals surface area (Å²) < 4.78 is 9.93. The van der Waals surface area contributed by atoms with E-state index in [4.69, 9.17) is 9.47 Å². The quantitative estimate of drug-likeness (QED) is 0.388. The van der Waals surface area contributed by atoms with E-state index < -0.39 is 17.4 Å². The molecule has 4 heteroatoms. The van der Waals surface area contributed by atoms with Crippen LogP contribution in [0.1, 0.15) is 19.8 Å². The zero-order chi connectivity index (χ0) is 11.1. The van der Waals surface area contributed by atoms with E-state index in [1.54, 1.807) is 6.92 Å². The van der Waals surface area contributed by atoms with Crippen LogP contribution >= 0.6 is 0 Å². The van der Waals surface area contributed by atoms with Gasteiger partial charge in [0.25, 0.3) is 0 Å². The average Bonchev–Trinajstić information content (AvgIpc) is 2.65. The van der Waals surface area contributed by atoms with Crippen molar-refractivity contribution < 1.29 is 19.1 Å². The Balaban J connectivity index is 2.32. The van der Waals surface area contributed by atoms with Crippen LogP contribution in [0.25, 0.3) is 0 Å². The molecular formula is C11H14O4. The first kappa shape index (κ1) is 10.2. The molecule has 1 saturated heterocycles. The molecular weight excluding hydrogens is 196 g/mol. The van der Waals surface area contributed by atoms with Gasteiger partial charge in [-0.25, -0.2) is 0 Å². The van der Waals surface area contributed by atoms with Crippen molar-refractivity contribution in [2.45, 2.75) is 19.8 Å². The van der Waals surface area contributed by atoms with Crippen LogP contribution in [0.5, 0.6) is 0 Å². The molecule has 1 aliphatic heterocycles. The molecule has 2 aliphatic rings. The standard InChI is InChI=1S/C11H14O4/c1-3-14-9(12)11-5-7(2)4-8(11)6-15-10(11)13/h8H,2-6H2,1H3/t8-,11-/m1/s1. The normalized spacial score (nSPS) is 33.8. The zero-order valence-electron chi connectivity index (χ0n) is 8.75. The Morgan fingerprint density at radius 3 is 3.13 bits per heavy atom. The monoisotopic (exact) mass is 210 g/mol. The van der Waals surface area contributed by atoms with Gasteiger partial charge in [0.1, 0.15) is 0 Å². The Kier molecular flexibility index (Phi) is 2.29. The summed E-state index contributed by atoms with van der Waals surface area (Å²) in [5.41, 5.74) is -0.141. The number of esters is 2. The molecule has 0 aromatic rings. The molecule has 4 nitrogen and oxygen atoms in total. The molecule has 0 spiro atoms. The molecule has 1 aliphatic carbocycles. The van der Waals surface area contributed by atoms with Gasteiger partial charge in [-0.1, -0.05) is 12.2 Å². The van der Waals surface area contributed by atoms with Crippen LogP contribution < -0.4 is 0 Å². The highest BCUT2D eigenvalue weighted by molar-refractivity contribution is 6.02. The Labute approximate surface area is 88.2 Å². The Bertz CT molecular complexity index is 333. The number of fused-ring (bicyclic) bond motifs is 1. The molecule has 0 unspecified atom stereocenters. The highest BCUT2D eigenvalue weighted by Crippen LogP contribution is 2.51. The molecule has 0 radical (unpaired) electrons. The third kappa shape index (κ3) is 1.28. The molecule has 2 rings (SSSR count). The van der Waals surface area contributed by atoms with Crippen molar-refractivity contribution in [2.24, 2.45) is 11.3 Å². The van der Waals surface area contributed by atoms with E-state index in [0.29, 0.717) is 19.4 Å². The average molecular weight is 210 g/mol.